The molecule has 1 aliphatic rings. The fraction of sp³-hybridized carbons (Fsp3) is 0.500. The summed E-state index contributed by atoms with van der Waals surface area (Å²) in [6.45, 7) is 0.554. The maximum Gasteiger partial charge on any atom is 0.305 e. The molecule has 0 aliphatic carbocycles. The molecule has 1 heterocycles. The van der Waals surface area contributed by atoms with Gasteiger partial charge in [-0.25, -0.2) is 0 Å². The lowest BCUT2D eigenvalue weighted by Crippen LogP contribution is -2.37. The van der Waals surface area contributed by atoms with Crippen LogP contribution in [0.4, 0.5) is 0 Å². The zero-order valence-electron chi connectivity index (χ0n) is 13.2. The third kappa shape index (κ3) is 4.35. The molecule has 0 bridgehead atoms. The predicted molar refractivity (Wildman–Crippen MR) is 81.7 cm³/mol. The molecule has 23 heavy (non-hydrogen) atoms. The molecule has 1 aliphatic heterocycles. The number of nitrogens with one attached hydrogen (secondary N) is 1. The van der Waals surface area contributed by atoms with Gasteiger partial charge in [0.2, 0.25) is 5.91 Å². The van der Waals surface area contributed by atoms with E-state index < -0.39 is 18.1 Å². The molecular formula is C16H21NO6. The number of hydrogen-bond donors (Lipinski definition) is 2. The number of carboxylic acid groups (broad SMARTS) is 1. The van der Waals surface area contributed by atoms with Gasteiger partial charge in [0.15, 0.2) is 11.5 Å². The summed E-state index contributed by atoms with van der Waals surface area (Å²) < 4.78 is 15.7. The highest BCUT2D eigenvalue weighted by atomic mass is 16.5. The van der Waals surface area contributed by atoms with Gasteiger partial charge in [0, 0.05) is 6.61 Å². The zero-order valence-corrected chi connectivity index (χ0v) is 13.2. The van der Waals surface area contributed by atoms with Crippen molar-refractivity contribution in [3.05, 3.63) is 23.8 Å². The van der Waals surface area contributed by atoms with E-state index >= 15 is 0 Å². The summed E-state index contributed by atoms with van der Waals surface area (Å²) in [5.41, 5.74) is 0.636. The first-order valence-corrected chi connectivity index (χ1v) is 7.41. The Balaban J connectivity index is 2.20. The van der Waals surface area contributed by atoms with E-state index in [0.29, 0.717) is 30.1 Å². The van der Waals surface area contributed by atoms with Crippen molar-refractivity contribution in [2.24, 2.45) is 0 Å². The maximum atomic E-state index is 12.2. The smallest absolute Gasteiger partial charge is 0.305 e. The lowest BCUT2D eigenvalue weighted by molar-refractivity contribution is -0.138. The summed E-state index contributed by atoms with van der Waals surface area (Å²) in [7, 11) is 3.02. The minimum absolute atomic E-state index is 0.228. The van der Waals surface area contributed by atoms with Gasteiger partial charge in [0.05, 0.1) is 26.7 Å². The van der Waals surface area contributed by atoms with Crippen molar-refractivity contribution < 1.29 is 28.9 Å². The molecule has 2 atom stereocenters. The largest absolute Gasteiger partial charge is 0.493 e. The Morgan fingerprint density at radius 3 is 2.65 bits per heavy atom. The van der Waals surface area contributed by atoms with Crippen LogP contribution < -0.4 is 14.8 Å². The van der Waals surface area contributed by atoms with Crippen molar-refractivity contribution in [1.82, 2.24) is 5.32 Å². The molecule has 1 saturated heterocycles. The van der Waals surface area contributed by atoms with Gasteiger partial charge in [-0.2, -0.15) is 0 Å². The first-order valence-electron chi connectivity index (χ1n) is 7.41. The normalized spacial score (nSPS) is 18.3. The van der Waals surface area contributed by atoms with Gasteiger partial charge >= 0.3 is 5.97 Å². The van der Waals surface area contributed by atoms with Crippen LogP contribution in [0.1, 0.15) is 30.9 Å². The average Bonchev–Trinajstić information content (AvgIpc) is 3.07. The Morgan fingerprint density at radius 1 is 1.35 bits per heavy atom. The van der Waals surface area contributed by atoms with Crippen LogP contribution in [-0.2, 0) is 14.3 Å². The van der Waals surface area contributed by atoms with Crippen molar-refractivity contribution in [3.63, 3.8) is 0 Å². The SMILES string of the molecule is COc1ccc(C(CC(=O)O)NC(=O)C2CCCO2)cc1OC. The van der Waals surface area contributed by atoms with Crippen LogP contribution >= 0.6 is 0 Å². The van der Waals surface area contributed by atoms with Gasteiger partial charge in [-0.3, -0.25) is 9.59 Å². The molecular weight excluding hydrogens is 302 g/mol. The van der Waals surface area contributed by atoms with E-state index in [1.54, 1.807) is 18.2 Å². The summed E-state index contributed by atoms with van der Waals surface area (Å²) in [5.74, 6) is -0.275. The van der Waals surface area contributed by atoms with Crippen LogP contribution in [0.25, 0.3) is 0 Å². The van der Waals surface area contributed by atoms with Crippen molar-refractivity contribution in [2.75, 3.05) is 20.8 Å². The third-order valence-corrected chi connectivity index (χ3v) is 3.73. The van der Waals surface area contributed by atoms with Crippen molar-refractivity contribution in [3.8, 4) is 11.5 Å². The molecule has 7 heteroatoms. The van der Waals surface area contributed by atoms with E-state index in [-0.39, 0.29) is 12.3 Å². The Bertz CT molecular complexity index is 568. The molecule has 0 radical (unpaired) electrons. The fourth-order valence-electron chi connectivity index (χ4n) is 2.55. The van der Waals surface area contributed by atoms with Crippen molar-refractivity contribution in [2.45, 2.75) is 31.4 Å². The molecule has 1 aromatic carbocycles. The van der Waals surface area contributed by atoms with E-state index in [0.717, 1.165) is 6.42 Å². The molecule has 1 aromatic rings. The van der Waals surface area contributed by atoms with E-state index in [9.17, 15) is 9.59 Å². The molecule has 2 unspecified atom stereocenters. The maximum absolute atomic E-state index is 12.2. The van der Waals surface area contributed by atoms with Crippen molar-refractivity contribution in [1.29, 1.82) is 0 Å². The first kappa shape index (κ1) is 17.1. The minimum atomic E-state index is -1.00. The van der Waals surface area contributed by atoms with Gasteiger partial charge in [-0.05, 0) is 30.5 Å². The van der Waals surface area contributed by atoms with Gasteiger partial charge < -0.3 is 24.6 Å². The second-order valence-corrected chi connectivity index (χ2v) is 5.28. The Morgan fingerprint density at radius 2 is 2.09 bits per heavy atom. The molecule has 2 N–H and O–H groups in total. The van der Waals surface area contributed by atoms with E-state index in [1.807, 2.05) is 0 Å². The fourth-order valence-corrected chi connectivity index (χ4v) is 2.55. The topological polar surface area (TPSA) is 94.1 Å². The number of aliphatic carboxylic acids is 1. The lowest BCUT2D eigenvalue weighted by atomic mass is 10.0. The Hall–Kier alpha value is -2.28. The average molecular weight is 323 g/mol. The Kier molecular flexibility index (Phi) is 5.81. The number of benzene rings is 1. The molecule has 1 amide bonds. The highest BCUT2D eigenvalue weighted by molar-refractivity contribution is 5.82. The summed E-state index contributed by atoms with van der Waals surface area (Å²) in [6, 6.07) is 4.40. The highest BCUT2D eigenvalue weighted by Crippen LogP contribution is 2.31. The number of rotatable bonds is 7. The summed E-state index contributed by atoms with van der Waals surface area (Å²) in [4.78, 5) is 23.3. The first-order chi connectivity index (χ1) is 11.0. The number of methoxy groups -OCH3 is 2. The van der Waals surface area contributed by atoms with Gasteiger partial charge in [-0.15, -0.1) is 0 Å². The quantitative estimate of drug-likeness (QED) is 0.790. The minimum Gasteiger partial charge on any atom is -0.493 e. The number of hydrogen-bond acceptors (Lipinski definition) is 5. The van der Waals surface area contributed by atoms with Gasteiger partial charge in [0.1, 0.15) is 6.10 Å². The van der Waals surface area contributed by atoms with Crippen LogP contribution in [0.15, 0.2) is 18.2 Å². The second kappa shape index (κ2) is 7.82. The number of ether oxygens (including phenoxy) is 3. The number of carbonyl (C=O) groups excluding carboxylic acids is 1. The number of carboxylic acids is 1. The molecule has 126 valence electrons. The van der Waals surface area contributed by atoms with Crippen LogP contribution in [0.3, 0.4) is 0 Å². The van der Waals surface area contributed by atoms with Crippen LogP contribution in [0.5, 0.6) is 11.5 Å². The molecule has 7 nitrogen and oxygen atoms in total. The monoisotopic (exact) mass is 323 g/mol. The predicted octanol–water partition coefficient (Wildman–Crippen LogP) is 1.51. The third-order valence-electron chi connectivity index (χ3n) is 3.73. The van der Waals surface area contributed by atoms with Gasteiger partial charge in [-0.1, -0.05) is 6.07 Å². The summed E-state index contributed by atoms with van der Waals surface area (Å²) in [5, 5.41) is 11.9. The summed E-state index contributed by atoms with van der Waals surface area (Å²) in [6.07, 6.45) is 0.746. The van der Waals surface area contributed by atoms with E-state index in [1.165, 1.54) is 14.2 Å². The second-order valence-electron chi connectivity index (χ2n) is 5.28. The van der Waals surface area contributed by atoms with Crippen LogP contribution in [-0.4, -0.2) is 43.9 Å². The van der Waals surface area contributed by atoms with Crippen LogP contribution in [0.2, 0.25) is 0 Å². The highest BCUT2D eigenvalue weighted by Gasteiger charge is 2.27. The van der Waals surface area contributed by atoms with Crippen LogP contribution in [0, 0.1) is 0 Å². The van der Waals surface area contributed by atoms with E-state index in [4.69, 9.17) is 19.3 Å². The molecule has 0 saturated carbocycles. The Labute approximate surface area is 134 Å². The van der Waals surface area contributed by atoms with Crippen molar-refractivity contribution >= 4 is 11.9 Å². The lowest BCUT2D eigenvalue weighted by Gasteiger charge is -2.20. The molecule has 0 aromatic heterocycles. The molecule has 0 spiro atoms. The summed E-state index contributed by atoms with van der Waals surface area (Å²) >= 11 is 0. The standard InChI is InChI=1S/C16H21NO6/c1-21-12-6-5-10(8-14(12)22-2)11(9-15(18)19)17-16(20)13-4-3-7-23-13/h5-6,8,11,13H,3-4,7,9H2,1-2H3,(H,17,20)(H,18,19). The zero-order chi connectivity index (χ0) is 16.8. The van der Waals surface area contributed by atoms with E-state index in [2.05, 4.69) is 5.32 Å². The van der Waals surface area contributed by atoms with Gasteiger partial charge in [0.25, 0.3) is 0 Å². The molecule has 2 rings (SSSR count). The number of carbonyl (C=O) groups is 2. The molecule has 1 fully saturated rings. The number of amides is 1.